The minimum absolute atomic E-state index is 0.284. The van der Waals surface area contributed by atoms with E-state index < -0.39 is 6.04 Å². The molecule has 0 aliphatic heterocycles. The summed E-state index contributed by atoms with van der Waals surface area (Å²) < 4.78 is 13.3. The van der Waals surface area contributed by atoms with Gasteiger partial charge < -0.3 is 10.6 Å². The van der Waals surface area contributed by atoms with Gasteiger partial charge in [0.25, 0.3) is 5.91 Å². The highest BCUT2D eigenvalue weighted by atomic mass is 19.1. The van der Waals surface area contributed by atoms with Crippen LogP contribution < -0.4 is 10.6 Å². The zero-order valence-electron chi connectivity index (χ0n) is 13.7. The van der Waals surface area contributed by atoms with Crippen LogP contribution in [0.3, 0.4) is 0 Å². The van der Waals surface area contributed by atoms with E-state index in [0.717, 1.165) is 11.1 Å². The van der Waals surface area contributed by atoms with E-state index in [4.69, 9.17) is 0 Å². The lowest BCUT2D eigenvalue weighted by Crippen LogP contribution is -2.29. The van der Waals surface area contributed by atoms with Crippen molar-refractivity contribution in [3.63, 3.8) is 0 Å². The SMILES string of the molecule is O=CNc1ccc(C(=O)N[C@@H](c2ccncc2)c2ccc(F)cc2)cc1. The lowest BCUT2D eigenvalue weighted by Gasteiger charge is -2.20. The van der Waals surface area contributed by atoms with Crippen molar-refractivity contribution in [2.75, 3.05) is 5.32 Å². The van der Waals surface area contributed by atoms with Crippen LogP contribution in [0.2, 0.25) is 0 Å². The minimum Gasteiger partial charge on any atom is -0.341 e. The molecule has 5 nitrogen and oxygen atoms in total. The molecule has 0 spiro atoms. The van der Waals surface area contributed by atoms with Gasteiger partial charge in [-0.25, -0.2) is 4.39 Å². The Hall–Kier alpha value is -3.54. The first-order valence-electron chi connectivity index (χ1n) is 7.94. The maximum absolute atomic E-state index is 13.3. The fourth-order valence-corrected chi connectivity index (χ4v) is 2.57. The number of nitrogens with one attached hydrogen (secondary N) is 2. The molecule has 0 saturated heterocycles. The highest BCUT2D eigenvalue weighted by molar-refractivity contribution is 5.95. The molecule has 2 amide bonds. The number of hydrogen-bond acceptors (Lipinski definition) is 3. The van der Waals surface area contributed by atoms with Gasteiger partial charge in [-0.1, -0.05) is 12.1 Å². The van der Waals surface area contributed by atoms with Crippen molar-refractivity contribution in [2.24, 2.45) is 0 Å². The number of hydrogen-bond donors (Lipinski definition) is 2. The Morgan fingerprint density at radius 3 is 2.15 bits per heavy atom. The number of carbonyl (C=O) groups excluding carboxylic acids is 2. The average Bonchev–Trinajstić information content (AvgIpc) is 2.68. The van der Waals surface area contributed by atoms with Gasteiger partial charge in [0.1, 0.15) is 5.82 Å². The third kappa shape index (κ3) is 4.10. The molecular formula is C20H16FN3O2. The van der Waals surface area contributed by atoms with Crippen LogP contribution in [0.5, 0.6) is 0 Å². The molecule has 6 heteroatoms. The summed E-state index contributed by atoms with van der Waals surface area (Å²) in [7, 11) is 0. The zero-order valence-corrected chi connectivity index (χ0v) is 13.7. The minimum atomic E-state index is -0.445. The highest BCUT2D eigenvalue weighted by Crippen LogP contribution is 2.22. The van der Waals surface area contributed by atoms with Gasteiger partial charge in [0, 0.05) is 23.6 Å². The van der Waals surface area contributed by atoms with Crippen molar-refractivity contribution in [1.29, 1.82) is 0 Å². The summed E-state index contributed by atoms with van der Waals surface area (Å²) in [4.78, 5) is 27.1. The molecule has 1 atom stereocenters. The van der Waals surface area contributed by atoms with Gasteiger partial charge in [0.2, 0.25) is 6.41 Å². The average molecular weight is 349 g/mol. The van der Waals surface area contributed by atoms with Crippen LogP contribution in [0.4, 0.5) is 10.1 Å². The molecular weight excluding hydrogens is 333 g/mol. The van der Waals surface area contributed by atoms with Crippen LogP contribution >= 0.6 is 0 Å². The van der Waals surface area contributed by atoms with E-state index in [2.05, 4.69) is 15.6 Å². The Balaban J connectivity index is 1.86. The van der Waals surface area contributed by atoms with Gasteiger partial charge in [-0.05, 0) is 59.7 Å². The molecule has 0 unspecified atom stereocenters. The number of pyridine rings is 1. The first-order valence-corrected chi connectivity index (χ1v) is 7.94. The van der Waals surface area contributed by atoms with Crippen LogP contribution in [-0.2, 0) is 4.79 Å². The quantitative estimate of drug-likeness (QED) is 0.671. The topological polar surface area (TPSA) is 71.1 Å². The first kappa shape index (κ1) is 17.3. The van der Waals surface area contributed by atoms with Crippen LogP contribution in [0.15, 0.2) is 73.1 Å². The lowest BCUT2D eigenvalue weighted by molar-refractivity contribution is -0.105. The van der Waals surface area contributed by atoms with Gasteiger partial charge in [-0.3, -0.25) is 14.6 Å². The summed E-state index contributed by atoms with van der Waals surface area (Å²) in [5, 5.41) is 5.47. The molecule has 26 heavy (non-hydrogen) atoms. The number of benzene rings is 2. The number of anilines is 1. The molecule has 3 rings (SSSR count). The molecule has 0 radical (unpaired) electrons. The van der Waals surface area contributed by atoms with E-state index in [-0.39, 0.29) is 11.7 Å². The van der Waals surface area contributed by atoms with Gasteiger partial charge in [-0.15, -0.1) is 0 Å². The second-order valence-corrected chi connectivity index (χ2v) is 5.58. The molecule has 1 aromatic heterocycles. The Labute approximate surface area is 149 Å². The summed E-state index contributed by atoms with van der Waals surface area (Å²) in [6, 6.07) is 15.7. The van der Waals surface area contributed by atoms with E-state index >= 15 is 0 Å². The first-order chi connectivity index (χ1) is 12.7. The summed E-state index contributed by atoms with van der Waals surface area (Å²) in [6.07, 6.45) is 3.85. The maximum atomic E-state index is 13.3. The van der Waals surface area contributed by atoms with E-state index in [1.807, 2.05) is 0 Å². The molecule has 0 aliphatic carbocycles. The molecule has 0 saturated carbocycles. The molecule has 0 fully saturated rings. The standard InChI is InChI=1S/C20H16FN3O2/c21-17-5-1-14(2-6-17)19(15-9-11-22-12-10-15)24-20(26)16-3-7-18(8-4-16)23-13-25/h1-13,19H,(H,23,25)(H,24,26)/t19-/m1/s1. The third-order valence-electron chi connectivity index (χ3n) is 3.89. The third-order valence-corrected chi connectivity index (χ3v) is 3.89. The number of amides is 2. The molecule has 1 heterocycles. The number of carbonyl (C=O) groups is 2. The number of nitrogens with zero attached hydrogens (tertiary/aromatic N) is 1. The van der Waals surface area contributed by atoms with Crippen molar-refractivity contribution in [3.8, 4) is 0 Å². The van der Waals surface area contributed by atoms with Crippen LogP contribution in [0.25, 0.3) is 0 Å². The normalized spacial score (nSPS) is 11.4. The van der Waals surface area contributed by atoms with Gasteiger partial charge in [0.05, 0.1) is 6.04 Å². The van der Waals surface area contributed by atoms with E-state index in [0.29, 0.717) is 17.7 Å². The van der Waals surface area contributed by atoms with E-state index in [1.165, 1.54) is 12.1 Å². The maximum Gasteiger partial charge on any atom is 0.252 e. The molecule has 0 aliphatic rings. The van der Waals surface area contributed by atoms with E-state index in [1.54, 1.807) is 60.9 Å². The smallest absolute Gasteiger partial charge is 0.252 e. The van der Waals surface area contributed by atoms with Crippen molar-refractivity contribution in [3.05, 3.63) is 95.6 Å². The number of rotatable bonds is 6. The predicted molar refractivity (Wildman–Crippen MR) is 96.1 cm³/mol. The molecule has 2 N–H and O–H groups in total. The Bertz CT molecular complexity index is 881. The summed E-state index contributed by atoms with van der Waals surface area (Å²) in [5.41, 5.74) is 2.63. The molecule has 3 aromatic rings. The Morgan fingerprint density at radius 2 is 1.54 bits per heavy atom. The Morgan fingerprint density at radius 1 is 0.923 bits per heavy atom. The molecule has 2 aromatic carbocycles. The van der Waals surface area contributed by atoms with Gasteiger partial charge in [0.15, 0.2) is 0 Å². The number of aromatic nitrogens is 1. The van der Waals surface area contributed by atoms with Crippen LogP contribution in [0, 0.1) is 5.82 Å². The van der Waals surface area contributed by atoms with Crippen molar-refractivity contribution in [1.82, 2.24) is 10.3 Å². The van der Waals surface area contributed by atoms with Gasteiger partial charge >= 0.3 is 0 Å². The monoisotopic (exact) mass is 349 g/mol. The van der Waals surface area contributed by atoms with Crippen molar-refractivity contribution >= 4 is 18.0 Å². The molecule has 130 valence electrons. The predicted octanol–water partition coefficient (Wildman–Crippen LogP) is 3.31. The lowest BCUT2D eigenvalue weighted by atomic mass is 9.99. The van der Waals surface area contributed by atoms with Crippen LogP contribution in [0.1, 0.15) is 27.5 Å². The van der Waals surface area contributed by atoms with Crippen molar-refractivity contribution < 1.29 is 14.0 Å². The summed E-state index contributed by atoms with van der Waals surface area (Å²) in [6.45, 7) is 0. The summed E-state index contributed by atoms with van der Waals surface area (Å²) in [5.74, 6) is -0.624. The number of halogens is 1. The Kier molecular flexibility index (Phi) is 5.34. The fourth-order valence-electron chi connectivity index (χ4n) is 2.57. The largest absolute Gasteiger partial charge is 0.341 e. The highest BCUT2D eigenvalue weighted by Gasteiger charge is 2.18. The van der Waals surface area contributed by atoms with Crippen LogP contribution in [-0.4, -0.2) is 17.3 Å². The molecule has 0 bridgehead atoms. The van der Waals surface area contributed by atoms with Crippen molar-refractivity contribution in [2.45, 2.75) is 6.04 Å². The summed E-state index contributed by atoms with van der Waals surface area (Å²) >= 11 is 0. The second kappa shape index (κ2) is 8.02. The zero-order chi connectivity index (χ0) is 18.4. The van der Waals surface area contributed by atoms with E-state index in [9.17, 15) is 14.0 Å². The fraction of sp³-hybridized carbons (Fsp3) is 0.0500. The van der Waals surface area contributed by atoms with Gasteiger partial charge in [-0.2, -0.15) is 0 Å². The second-order valence-electron chi connectivity index (χ2n) is 5.58.